The Labute approximate surface area is 230 Å². The first-order chi connectivity index (χ1) is 19.6. The number of nitrogens with one attached hydrogen (secondary N) is 1. The van der Waals surface area contributed by atoms with Gasteiger partial charge in [-0.15, -0.1) is 0 Å². The highest BCUT2D eigenvalue weighted by atomic mass is 19.1. The van der Waals surface area contributed by atoms with Crippen molar-refractivity contribution in [2.45, 2.75) is 6.92 Å². The van der Waals surface area contributed by atoms with Crippen LogP contribution in [0.15, 0.2) is 42.9 Å². The number of rotatable bonds is 8. The van der Waals surface area contributed by atoms with Gasteiger partial charge in [0.05, 0.1) is 32.1 Å². The van der Waals surface area contributed by atoms with E-state index < -0.39 is 11.6 Å². The van der Waals surface area contributed by atoms with Crippen LogP contribution < -0.4 is 15.0 Å². The smallest absolute Gasteiger partial charge is 0.229 e. The van der Waals surface area contributed by atoms with Gasteiger partial charge < -0.3 is 29.0 Å². The number of pyridine rings is 1. The molecule has 4 aromatic rings. The number of aromatic nitrogens is 4. The lowest BCUT2D eigenvalue weighted by Gasteiger charge is -2.30. The van der Waals surface area contributed by atoms with Crippen molar-refractivity contribution in [1.82, 2.24) is 24.4 Å². The highest BCUT2D eigenvalue weighted by Crippen LogP contribution is 2.32. The van der Waals surface area contributed by atoms with E-state index in [1.807, 2.05) is 6.07 Å². The minimum atomic E-state index is -0.618. The number of benzene rings is 1. The van der Waals surface area contributed by atoms with E-state index in [0.29, 0.717) is 67.3 Å². The van der Waals surface area contributed by atoms with Crippen LogP contribution in [-0.4, -0.2) is 90.2 Å². The highest BCUT2D eigenvalue weighted by Gasteiger charge is 2.24. The molecule has 0 aliphatic carbocycles. The number of anilines is 3. The van der Waals surface area contributed by atoms with Gasteiger partial charge in [0.25, 0.3) is 0 Å². The maximum Gasteiger partial charge on any atom is 0.229 e. The summed E-state index contributed by atoms with van der Waals surface area (Å²) < 4.78 is 49.0. The van der Waals surface area contributed by atoms with Crippen molar-refractivity contribution >= 4 is 28.4 Å². The Morgan fingerprint density at radius 3 is 2.58 bits per heavy atom. The second-order valence-electron chi connectivity index (χ2n) is 9.73. The van der Waals surface area contributed by atoms with Crippen LogP contribution in [0.2, 0.25) is 0 Å². The maximum absolute atomic E-state index is 15.5. The summed E-state index contributed by atoms with van der Waals surface area (Å²) in [5, 5.41) is 3.93. The number of hydrogen-bond donors (Lipinski definition) is 1. The minimum Gasteiger partial charge on any atom is -0.476 e. The molecule has 5 heterocycles. The number of morpholine rings is 2. The van der Waals surface area contributed by atoms with Crippen molar-refractivity contribution in [3.05, 3.63) is 60.1 Å². The summed E-state index contributed by atoms with van der Waals surface area (Å²) in [5.74, 6) is -0.373. The molecule has 0 bridgehead atoms. The fourth-order valence-corrected chi connectivity index (χ4v) is 4.99. The quantitative estimate of drug-likeness (QED) is 0.352. The average Bonchev–Trinajstić information content (AvgIpc) is 3.39. The Hall–Kier alpha value is -3.87. The summed E-state index contributed by atoms with van der Waals surface area (Å²) in [6, 6.07) is 6.75. The summed E-state index contributed by atoms with van der Waals surface area (Å²) in [7, 11) is 0. The molecule has 0 atom stereocenters. The van der Waals surface area contributed by atoms with Crippen molar-refractivity contribution in [1.29, 1.82) is 0 Å². The lowest BCUT2D eigenvalue weighted by Crippen LogP contribution is -2.38. The Balaban J connectivity index is 1.21. The molecule has 0 radical (unpaired) electrons. The van der Waals surface area contributed by atoms with Gasteiger partial charge in [-0.1, -0.05) is 0 Å². The predicted octanol–water partition coefficient (Wildman–Crippen LogP) is 3.69. The molecule has 6 rings (SSSR count). The molecule has 3 aromatic heterocycles. The maximum atomic E-state index is 15.5. The molecule has 2 fully saturated rings. The summed E-state index contributed by atoms with van der Waals surface area (Å²) in [6.07, 6.45) is 5.07. The van der Waals surface area contributed by atoms with E-state index in [-0.39, 0.29) is 5.69 Å². The van der Waals surface area contributed by atoms with Crippen molar-refractivity contribution in [2.24, 2.45) is 0 Å². The number of hydrogen-bond acceptors (Lipinski definition) is 9. The second kappa shape index (κ2) is 11.7. The SMILES string of the molecule is Cc1c(-n2ccc3cnc(Nc4ccnc(OCCN5CCOCC5)c4)nc32)cc(F)c(N2CCOCC2)c1F. The fourth-order valence-electron chi connectivity index (χ4n) is 4.99. The topological polar surface area (TPSA) is 89.8 Å². The van der Waals surface area contributed by atoms with Gasteiger partial charge in [0.2, 0.25) is 11.8 Å². The second-order valence-corrected chi connectivity index (χ2v) is 9.73. The van der Waals surface area contributed by atoms with Gasteiger partial charge in [0, 0.05) is 80.1 Å². The molecule has 0 unspecified atom stereocenters. The molecule has 0 amide bonds. The summed E-state index contributed by atoms with van der Waals surface area (Å²) >= 11 is 0. The summed E-state index contributed by atoms with van der Waals surface area (Å²) in [6.45, 7) is 8.02. The summed E-state index contributed by atoms with van der Waals surface area (Å²) in [5.41, 5.74) is 1.93. The van der Waals surface area contributed by atoms with Crippen LogP contribution in [0.3, 0.4) is 0 Å². The van der Waals surface area contributed by atoms with Crippen LogP contribution in [0, 0.1) is 18.6 Å². The lowest BCUT2D eigenvalue weighted by molar-refractivity contribution is 0.0320. The minimum absolute atomic E-state index is 0.0151. The van der Waals surface area contributed by atoms with Crippen LogP contribution >= 0.6 is 0 Å². The number of fused-ring (bicyclic) bond motifs is 1. The largest absolute Gasteiger partial charge is 0.476 e. The van der Waals surface area contributed by atoms with Crippen LogP contribution in [0.4, 0.5) is 26.1 Å². The van der Waals surface area contributed by atoms with Crippen LogP contribution in [0.5, 0.6) is 5.88 Å². The van der Waals surface area contributed by atoms with Crippen molar-refractivity contribution in [2.75, 3.05) is 76.0 Å². The fraction of sp³-hybridized carbons (Fsp3) is 0.393. The van der Waals surface area contributed by atoms with E-state index in [9.17, 15) is 0 Å². The van der Waals surface area contributed by atoms with E-state index in [2.05, 4.69) is 25.2 Å². The molecule has 2 aliphatic heterocycles. The van der Waals surface area contributed by atoms with E-state index in [4.69, 9.17) is 14.2 Å². The first-order valence-electron chi connectivity index (χ1n) is 13.4. The van der Waals surface area contributed by atoms with Gasteiger partial charge >= 0.3 is 0 Å². The van der Waals surface area contributed by atoms with Gasteiger partial charge in [0.1, 0.15) is 17.9 Å². The number of halogens is 2. The van der Waals surface area contributed by atoms with Gasteiger partial charge in [0.15, 0.2) is 11.6 Å². The van der Waals surface area contributed by atoms with E-state index in [0.717, 1.165) is 38.2 Å². The van der Waals surface area contributed by atoms with Crippen LogP contribution in [-0.2, 0) is 9.47 Å². The molecule has 40 heavy (non-hydrogen) atoms. The Morgan fingerprint density at radius 1 is 1.00 bits per heavy atom. The highest BCUT2D eigenvalue weighted by molar-refractivity contribution is 5.79. The zero-order chi connectivity index (χ0) is 27.5. The number of nitrogens with zero attached hydrogens (tertiary/aromatic N) is 6. The molecule has 210 valence electrons. The van der Waals surface area contributed by atoms with Crippen LogP contribution in [0.1, 0.15) is 5.56 Å². The predicted molar refractivity (Wildman–Crippen MR) is 147 cm³/mol. The summed E-state index contributed by atoms with van der Waals surface area (Å²) in [4.78, 5) is 17.4. The lowest BCUT2D eigenvalue weighted by atomic mass is 10.1. The third kappa shape index (κ3) is 5.55. The molecule has 2 saturated heterocycles. The molecule has 1 aromatic carbocycles. The first-order valence-corrected chi connectivity index (χ1v) is 13.4. The molecule has 2 aliphatic rings. The van der Waals surface area contributed by atoms with Crippen molar-refractivity contribution < 1.29 is 23.0 Å². The Bertz CT molecular complexity index is 1490. The zero-order valence-electron chi connectivity index (χ0n) is 22.3. The Morgan fingerprint density at radius 2 is 1.77 bits per heavy atom. The third-order valence-electron chi connectivity index (χ3n) is 7.18. The Kier molecular flexibility index (Phi) is 7.71. The first kappa shape index (κ1) is 26.4. The van der Waals surface area contributed by atoms with Gasteiger partial charge in [-0.05, 0) is 19.1 Å². The molecule has 12 heteroatoms. The molecule has 0 saturated carbocycles. The molecular formula is C28H31F2N7O3. The van der Waals surface area contributed by atoms with Gasteiger partial charge in [-0.3, -0.25) is 4.90 Å². The number of ether oxygens (including phenoxy) is 3. The average molecular weight is 552 g/mol. The molecular weight excluding hydrogens is 520 g/mol. The van der Waals surface area contributed by atoms with Crippen molar-refractivity contribution in [3.63, 3.8) is 0 Å². The van der Waals surface area contributed by atoms with E-state index >= 15 is 8.78 Å². The molecule has 0 spiro atoms. The third-order valence-corrected chi connectivity index (χ3v) is 7.18. The standard InChI is InChI=1S/C28H31F2N7O3/c1-19-23(17-22(29)26(25(19)30)36-9-13-39-14-10-36)37-5-3-20-18-32-28(34-27(20)37)33-21-2-4-31-24(16-21)40-15-8-35-6-11-38-12-7-35/h2-5,16-18H,6-15H2,1H3,(H,31,32,33,34). The van der Waals surface area contributed by atoms with Crippen molar-refractivity contribution in [3.8, 4) is 11.6 Å². The van der Waals surface area contributed by atoms with Crippen LogP contribution in [0.25, 0.3) is 16.7 Å². The monoisotopic (exact) mass is 551 g/mol. The van der Waals surface area contributed by atoms with E-state index in [1.165, 1.54) is 6.07 Å². The molecule has 10 nitrogen and oxygen atoms in total. The van der Waals surface area contributed by atoms with Gasteiger partial charge in [-0.2, -0.15) is 4.98 Å². The van der Waals surface area contributed by atoms with E-state index in [1.54, 1.807) is 47.1 Å². The van der Waals surface area contributed by atoms with Gasteiger partial charge in [-0.25, -0.2) is 18.7 Å². The normalized spacial score (nSPS) is 16.4. The zero-order valence-corrected chi connectivity index (χ0v) is 22.3. The molecule has 1 N–H and O–H groups in total.